The summed E-state index contributed by atoms with van der Waals surface area (Å²) in [7, 11) is -11.5. The van der Waals surface area contributed by atoms with Crippen LogP contribution in [0.4, 0.5) is 0 Å². The molecule has 6 nitrogen and oxygen atoms in total. The molecule has 0 atom stereocenters. The van der Waals surface area contributed by atoms with E-state index in [4.69, 9.17) is 0 Å². The number of hydrogen-bond donors (Lipinski definition) is 0. The predicted octanol–water partition coefficient (Wildman–Crippen LogP) is 1.13. The molecule has 1 rings (SSSR count). The van der Waals surface area contributed by atoms with Crippen molar-refractivity contribution in [1.29, 1.82) is 0 Å². The first-order chi connectivity index (χ1) is 8.58. The quantitative estimate of drug-likeness (QED) is 0.800. The highest BCUT2D eigenvalue weighted by atomic mass is 32.3. The van der Waals surface area contributed by atoms with Crippen LogP contribution in [0.25, 0.3) is 0 Å². The minimum absolute atomic E-state index is 0.277. The lowest BCUT2D eigenvalue weighted by molar-refractivity contribution is 0.556. The Labute approximate surface area is 123 Å². The number of rotatable bonds is 3. The molecule has 1 aromatic heterocycles. The average Bonchev–Trinajstić information content (AvgIpc) is 2.58. The second-order valence-corrected chi connectivity index (χ2v) is 13.6. The van der Waals surface area contributed by atoms with Gasteiger partial charge in [0, 0.05) is 12.5 Å². The van der Waals surface area contributed by atoms with E-state index in [1.54, 1.807) is 0 Å². The third-order valence-electron chi connectivity index (χ3n) is 2.44. The molecular formula is C10H16O6S4. The number of thiophene rings is 1. The molecule has 1 heterocycles. The van der Waals surface area contributed by atoms with Gasteiger partial charge in [-0.25, -0.2) is 25.3 Å². The van der Waals surface area contributed by atoms with Crippen molar-refractivity contribution in [1.82, 2.24) is 0 Å². The molecule has 0 radical (unpaired) electrons. The summed E-state index contributed by atoms with van der Waals surface area (Å²) in [6, 6.07) is 0.928. The van der Waals surface area contributed by atoms with Crippen LogP contribution in [0.15, 0.2) is 19.4 Å². The van der Waals surface area contributed by atoms with E-state index < -0.39 is 43.4 Å². The van der Waals surface area contributed by atoms with Gasteiger partial charge in [0.2, 0.25) is 0 Å². The molecular weight excluding hydrogens is 344 g/mol. The average molecular weight is 361 g/mol. The molecule has 0 amide bonds. The molecule has 0 bridgehead atoms. The summed E-state index contributed by atoms with van der Waals surface area (Å²) in [6.45, 7) is 4.27. The van der Waals surface area contributed by atoms with E-state index in [9.17, 15) is 25.3 Å². The highest BCUT2D eigenvalue weighted by molar-refractivity contribution is 7.97. The van der Waals surface area contributed by atoms with Crippen molar-refractivity contribution in [2.24, 2.45) is 0 Å². The maximum absolute atomic E-state index is 12.4. The fourth-order valence-electron chi connectivity index (χ4n) is 1.30. The van der Waals surface area contributed by atoms with Gasteiger partial charge in [0.05, 0.1) is 9.64 Å². The van der Waals surface area contributed by atoms with Crippen LogP contribution in [-0.2, 0) is 29.5 Å². The van der Waals surface area contributed by atoms with Crippen molar-refractivity contribution in [3.05, 3.63) is 6.07 Å². The van der Waals surface area contributed by atoms with Gasteiger partial charge in [0.25, 0.3) is 0 Å². The van der Waals surface area contributed by atoms with Crippen LogP contribution >= 0.6 is 11.3 Å². The van der Waals surface area contributed by atoms with Gasteiger partial charge in [0.1, 0.15) is 8.42 Å². The first-order valence-electron chi connectivity index (χ1n) is 5.37. The monoisotopic (exact) mass is 360 g/mol. The van der Waals surface area contributed by atoms with Crippen molar-refractivity contribution in [3.8, 4) is 0 Å². The largest absolute Gasteiger partial charge is 0.223 e. The molecule has 0 aliphatic rings. The Morgan fingerprint density at radius 2 is 1.35 bits per heavy atom. The van der Waals surface area contributed by atoms with Gasteiger partial charge >= 0.3 is 0 Å². The second kappa shape index (κ2) is 4.79. The summed E-state index contributed by atoms with van der Waals surface area (Å²) in [5.74, 6) is 0. The van der Waals surface area contributed by atoms with Crippen molar-refractivity contribution in [2.75, 3.05) is 12.5 Å². The van der Waals surface area contributed by atoms with Crippen LogP contribution in [0.5, 0.6) is 0 Å². The second-order valence-electron chi connectivity index (χ2n) is 5.38. The molecule has 0 saturated carbocycles. The highest BCUT2D eigenvalue weighted by Gasteiger charge is 2.37. The Morgan fingerprint density at radius 1 is 0.900 bits per heavy atom. The topological polar surface area (TPSA) is 102 Å². The van der Waals surface area contributed by atoms with E-state index >= 15 is 0 Å². The van der Waals surface area contributed by atoms with Crippen LogP contribution in [0.3, 0.4) is 0 Å². The van der Waals surface area contributed by atoms with E-state index in [0.29, 0.717) is 11.3 Å². The van der Waals surface area contributed by atoms with Crippen LogP contribution in [0, 0.1) is 0 Å². The van der Waals surface area contributed by atoms with Crippen LogP contribution in [-0.4, -0.2) is 42.5 Å². The smallest absolute Gasteiger partial charge is 0.186 e. The number of hydrogen-bond acceptors (Lipinski definition) is 7. The Balaban J connectivity index is 3.86. The third-order valence-corrected chi connectivity index (χ3v) is 10.00. The highest BCUT2D eigenvalue weighted by Crippen LogP contribution is 2.37. The summed E-state index contributed by atoms with van der Waals surface area (Å²) in [6.07, 6.45) is 1.75. The Morgan fingerprint density at radius 3 is 1.65 bits per heavy atom. The molecule has 0 aliphatic carbocycles. The lowest BCUT2D eigenvalue weighted by atomic mass is 10.3. The fourth-order valence-corrected chi connectivity index (χ4v) is 7.00. The molecule has 0 N–H and O–H groups in total. The maximum atomic E-state index is 12.4. The summed E-state index contributed by atoms with van der Waals surface area (Å²) in [5.41, 5.74) is 0. The Hall–Kier alpha value is -0.450. The third kappa shape index (κ3) is 3.23. The lowest BCUT2D eigenvalue weighted by Crippen LogP contribution is -2.28. The van der Waals surface area contributed by atoms with E-state index in [0.717, 1.165) is 18.6 Å². The van der Waals surface area contributed by atoms with Crippen molar-refractivity contribution in [3.63, 3.8) is 0 Å². The zero-order valence-electron chi connectivity index (χ0n) is 11.7. The van der Waals surface area contributed by atoms with Gasteiger partial charge < -0.3 is 0 Å². The van der Waals surface area contributed by atoms with E-state index in [2.05, 4.69) is 0 Å². The zero-order chi connectivity index (χ0) is 16.1. The first-order valence-corrected chi connectivity index (χ1v) is 11.5. The minimum atomic E-state index is -3.96. The molecule has 0 saturated heterocycles. The summed E-state index contributed by atoms with van der Waals surface area (Å²) < 4.78 is 69.4. The van der Waals surface area contributed by atoms with Crippen LogP contribution in [0.1, 0.15) is 20.8 Å². The number of sulfone groups is 3. The van der Waals surface area contributed by atoms with Gasteiger partial charge in [-0.3, -0.25) is 0 Å². The summed E-state index contributed by atoms with van der Waals surface area (Å²) >= 11 is 0.461. The van der Waals surface area contributed by atoms with E-state index in [-0.39, 0.29) is 4.21 Å². The van der Waals surface area contributed by atoms with Gasteiger partial charge in [-0.2, -0.15) is 0 Å². The molecule has 10 heteroatoms. The van der Waals surface area contributed by atoms with Gasteiger partial charge in [-0.05, 0) is 26.8 Å². The minimum Gasteiger partial charge on any atom is -0.223 e. The van der Waals surface area contributed by atoms with E-state index in [1.165, 1.54) is 20.8 Å². The zero-order valence-corrected chi connectivity index (χ0v) is 14.9. The maximum Gasteiger partial charge on any atom is 0.186 e. The Kier molecular flexibility index (Phi) is 4.21. The standard InChI is InChI=1S/C10H16O6S4/c1-10(2,3)20(15,16)7-6-8(18(4,11)12)17-9(7)19(5,13)14/h6H,1-5H3. The van der Waals surface area contributed by atoms with Crippen molar-refractivity contribution >= 4 is 40.8 Å². The molecule has 20 heavy (non-hydrogen) atoms. The fraction of sp³-hybridized carbons (Fsp3) is 0.600. The van der Waals surface area contributed by atoms with Crippen LogP contribution in [0.2, 0.25) is 0 Å². The molecule has 0 fully saturated rings. The Bertz CT molecular complexity index is 832. The molecule has 1 aromatic rings. The van der Waals surface area contributed by atoms with E-state index in [1.807, 2.05) is 0 Å². The summed E-state index contributed by atoms with van der Waals surface area (Å²) in [5, 5.41) is 0. The SMILES string of the molecule is CC(C)(C)S(=O)(=O)c1cc(S(C)(=O)=O)sc1S(C)(=O)=O. The van der Waals surface area contributed by atoms with Crippen LogP contribution < -0.4 is 0 Å². The van der Waals surface area contributed by atoms with Gasteiger partial charge in [-0.1, -0.05) is 0 Å². The van der Waals surface area contributed by atoms with Gasteiger partial charge in [0.15, 0.2) is 29.5 Å². The molecule has 0 aliphatic heterocycles. The summed E-state index contributed by atoms with van der Waals surface area (Å²) in [4.78, 5) is -0.446. The lowest BCUT2D eigenvalue weighted by Gasteiger charge is -2.18. The molecule has 116 valence electrons. The first kappa shape index (κ1) is 17.6. The molecule has 0 unspecified atom stereocenters. The van der Waals surface area contributed by atoms with Gasteiger partial charge in [-0.15, -0.1) is 11.3 Å². The molecule has 0 spiro atoms. The predicted molar refractivity (Wildman–Crippen MR) is 77.5 cm³/mol. The van der Waals surface area contributed by atoms with Crippen molar-refractivity contribution in [2.45, 2.75) is 38.8 Å². The molecule has 0 aromatic carbocycles. The normalized spacial score (nSPS) is 14.4. The van der Waals surface area contributed by atoms with Crippen molar-refractivity contribution < 1.29 is 25.3 Å².